The van der Waals surface area contributed by atoms with Crippen molar-refractivity contribution in [1.82, 2.24) is 14.5 Å². The van der Waals surface area contributed by atoms with Gasteiger partial charge in [-0.2, -0.15) is 0 Å². The number of hydrogen-bond donors (Lipinski definition) is 1. The molecular weight excluding hydrogens is 270 g/mol. The summed E-state index contributed by atoms with van der Waals surface area (Å²) in [6.45, 7) is 5.09. The highest BCUT2D eigenvalue weighted by Crippen LogP contribution is 2.20. The lowest BCUT2D eigenvalue weighted by atomic mass is 10.2. The molecule has 0 aliphatic heterocycles. The van der Waals surface area contributed by atoms with Crippen molar-refractivity contribution in [1.29, 1.82) is 0 Å². The third kappa shape index (κ3) is 3.40. The minimum atomic E-state index is -0.942. The Kier molecular flexibility index (Phi) is 4.93. The molecule has 2 rings (SSSR count). The molecule has 0 fully saturated rings. The number of carboxylic acid groups (broad SMARTS) is 1. The van der Waals surface area contributed by atoms with E-state index in [1.165, 1.54) is 0 Å². The maximum Gasteiger partial charge on any atom is 0.337 e. The molecule has 0 spiro atoms. The predicted octanol–water partition coefficient (Wildman–Crippen LogP) is 1.62. The average Bonchev–Trinajstić information content (AvgIpc) is 2.77. The second-order valence-corrected chi connectivity index (χ2v) is 5.09. The van der Waals surface area contributed by atoms with E-state index in [2.05, 4.69) is 14.5 Å². The zero-order chi connectivity index (χ0) is 15.4. The summed E-state index contributed by atoms with van der Waals surface area (Å²) >= 11 is 0. The van der Waals surface area contributed by atoms with Gasteiger partial charge < -0.3 is 19.3 Å². The Bertz CT molecular complexity index is 636. The third-order valence-corrected chi connectivity index (χ3v) is 3.58. The Morgan fingerprint density at radius 1 is 1.43 bits per heavy atom. The topological polar surface area (TPSA) is 67.6 Å². The molecule has 0 saturated carbocycles. The second kappa shape index (κ2) is 6.69. The minimum Gasteiger partial charge on any atom is -0.478 e. The first kappa shape index (κ1) is 15.5. The van der Waals surface area contributed by atoms with Crippen molar-refractivity contribution in [2.75, 3.05) is 33.9 Å². The van der Waals surface area contributed by atoms with E-state index in [0.29, 0.717) is 12.1 Å². The fourth-order valence-electron chi connectivity index (χ4n) is 2.35. The van der Waals surface area contributed by atoms with Gasteiger partial charge in [0.2, 0.25) is 0 Å². The van der Waals surface area contributed by atoms with Crippen LogP contribution in [-0.4, -0.2) is 59.4 Å². The van der Waals surface area contributed by atoms with E-state index in [9.17, 15) is 9.90 Å². The van der Waals surface area contributed by atoms with Crippen LogP contribution in [0.4, 0.5) is 0 Å². The zero-order valence-corrected chi connectivity index (χ0v) is 12.7. The summed E-state index contributed by atoms with van der Waals surface area (Å²) in [6.07, 6.45) is 0. The number of aromatic nitrogens is 2. The van der Waals surface area contributed by atoms with Crippen molar-refractivity contribution < 1.29 is 14.6 Å². The number of imidazole rings is 1. The summed E-state index contributed by atoms with van der Waals surface area (Å²) in [6, 6.07) is 5.27. The highest BCUT2D eigenvalue weighted by atomic mass is 16.5. The second-order valence-electron chi connectivity index (χ2n) is 5.09. The molecule has 1 heterocycles. The highest BCUT2D eigenvalue weighted by molar-refractivity contribution is 6.01. The number of methoxy groups -OCH3 is 1. The Labute approximate surface area is 124 Å². The van der Waals surface area contributed by atoms with Crippen molar-refractivity contribution in [3.63, 3.8) is 0 Å². The Hall–Kier alpha value is -1.92. The number of fused-ring (bicyclic) bond motifs is 1. The number of hydrogen-bond acceptors (Lipinski definition) is 4. The van der Waals surface area contributed by atoms with E-state index >= 15 is 0 Å². The molecule has 1 N–H and O–H groups in total. The van der Waals surface area contributed by atoms with Gasteiger partial charge in [-0.15, -0.1) is 0 Å². The quantitative estimate of drug-likeness (QED) is 0.839. The normalized spacial score (nSPS) is 11.4. The maximum absolute atomic E-state index is 11.2. The van der Waals surface area contributed by atoms with Crippen LogP contribution < -0.4 is 0 Å². The summed E-state index contributed by atoms with van der Waals surface area (Å²) in [7, 11) is 3.73. The molecule has 0 atom stereocenters. The molecule has 6 nitrogen and oxygen atoms in total. The molecule has 114 valence electrons. The van der Waals surface area contributed by atoms with Crippen LogP contribution in [-0.2, 0) is 11.3 Å². The van der Waals surface area contributed by atoms with Crippen LogP contribution in [0, 0.1) is 6.92 Å². The van der Waals surface area contributed by atoms with Crippen LogP contribution in [0.25, 0.3) is 11.0 Å². The molecule has 1 aromatic carbocycles. The zero-order valence-electron chi connectivity index (χ0n) is 12.7. The number of carboxylic acids is 1. The standard InChI is InChI=1S/C15H21N3O3/c1-11-16-14-12(15(19)20)5-4-6-13(14)18(11)8-7-17(2)9-10-21-3/h4-6H,7-10H2,1-3H3,(H,19,20). The summed E-state index contributed by atoms with van der Waals surface area (Å²) in [4.78, 5) is 17.8. The molecule has 0 aliphatic rings. The molecule has 0 amide bonds. The van der Waals surface area contributed by atoms with Crippen LogP contribution in [0.3, 0.4) is 0 Å². The first-order valence-electron chi connectivity index (χ1n) is 6.91. The number of nitrogens with zero attached hydrogens (tertiary/aromatic N) is 3. The van der Waals surface area contributed by atoms with Crippen molar-refractivity contribution in [2.45, 2.75) is 13.5 Å². The van der Waals surface area contributed by atoms with Gasteiger partial charge in [0, 0.05) is 26.7 Å². The summed E-state index contributed by atoms with van der Waals surface area (Å²) in [5.74, 6) is -0.110. The lowest BCUT2D eigenvalue weighted by Crippen LogP contribution is -2.27. The van der Waals surface area contributed by atoms with Crippen molar-refractivity contribution >= 4 is 17.0 Å². The predicted molar refractivity (Wildman–Crippen MR) is 80.8 cm³/mol. The molecule has 21 heavy (non-hydrogen) atoms. The van der Waals surface area contributed by atoms with Crippen LogP contribution in [0.15, 0.2) is 18.2 Å². The van der Waals surface area contributed by atoms with Crippen molar-refractivity contribution in [3.8, 4) is 0 Å². The number of likely N-dealkylation sites (N-methyl/N-ethyl adjacent to an activating group) is 1. The fraction of sp³-hybridized carbons (Fsp3) is 0.467. The maximum atomic E-state index is 11.2. The van der Waals surface area contributed by atoms with Crippen molar-refractivity contribution in [2.24, 2.45) is 0 Å². The number of para-hydroxylation sites is 1. The van der Waals surface area contributed by atoms with Gasteiger partial charge in [-0.05, 0) is 26.1 Å². The van der Waals surface area contributed by atoms with E-state index in [4.69, 9.17) is 4.74 Å². The number of ether oxygens (including phenoxy) is 1. The molecule has 1 aromatic heterocycles. The van der Waals surface area contributed by atoms with E-state index in [-0.39, 0.29) is 5.56 Å². The lowest BCUT2D eigenvalue weighted by molar-refractivity contribution is 0.0699. The van der Waals surface area contributed by atoms with Gasteiger partial charge in [-0.1, -0.05) is 6.07 Å². The lowest BCUT2D eigenvalue weighted by Gasteiger charge is -2.17. The van der Waals surface area contributed by atoms with Gasteiger partial charge in [-0.3, -0.25) is 0 Å². The SMILES string of the molecule is COCCN(C)CCn1c(C)nc2c(C(=O)O)cccc21. The average molecular weight is 291 g/mol. The number of aromatic carboxylic acids is 1. The number of rotatable bonds is 7. The van der Waals surface area contributed by atoms with E-state index < -0.39 is 5.97 Å². The first-order chi connectivity index (χ1) is 10.0. The van der Waals surface area contributed by atoms with E-state index in [0.717, 1.165) is 31.0 Å². The summed E-state index contributed by atoms with van der Waals surface area (Å²) in [5.41, 5.74) is 1.68. The van der Waals surface area contributed by atoms with Crippen molar-refractivity contribution in [3.05, 3.63) is 29.6 Å². The molecule has 0 aliphatic carbocycles. The summed E-state index contributed by atoms with van der Waals surface area (Å²) < 4.78 is 7.12. The number of aryl methyl sites for hydroxylation is 1. The number of benzene rings is 1. The van der Waals surface area contributed by atoms with Gasteiger partial charge in [0.05, 0.1) is 17.7 Å². The molecule has 2 aromatic rings. The first-order valence-corrected chi connectivity index (χ1v) is 6.91. The van der Waals surface area contributed by atoms with E-state index in [1.54, 1.807) is 19.2 Å². The monoisotopic (exact) mass is 291 g/mol. The van der Waals surface area contributed by atoms with Gasteiger partial charge in [-0.25, -0.2) is 9.78 Å². The van der Waals surface area contributed by atoms with Crippen LogP contribution in [0.5, 0.6) is 0 Å². The van der Waals surface area contributed by atoms with Gasteiger partial charge in [0.1, 0.15) is 11.3 Å². The third-order valence-electron chi connectivity index (χ3n) is 3.58. The summed E-state index contributed by atoms with van der Waals surface area (Å²) in [5, 5.41) is 9.23. The highest BCUT2D eigenvalue weighted by Gasteiger charge is 2.15. The molecule has 0 radical (unpaired) electrons. The van der Waals surface area contributed by atoms with Gasteiger partial charge in [0.25, 0.3) is 0 Å². The number of carbonyl (C=O) groups is 1. The smallest absolute Gasteiger partial charge is 0.337 e. The molecule has 0 saturated heterocycles. The molecule has 0 bridgehead atoms. The van der Waals surface area contributed by atoms with E-state index in [1.807, 2.05) is 20.0 Å². The minimum absolute atomic E-state index is 0.252. The van der Waals surface area contributed by atoms with Crippen LogP contribution >= 0.6 is 0 Å². The Morgan fingerprint density at radius 2 is 2.19 bits per heavy atom. The van der Waals surface area contributed by atoms with Gasteiger partial charge >= 0.3 is 5.97 Å². The molecule has 0 unspecified atom stereocenters. The van der Waals surface area contributed by atoms with Gasteiger partial charge in [0.15, 0.2) is 0 Å². The molecule has 6 heteroatoms. The van der Waals surface area contributed by atoms with Crippen LogP contribution in [0.1, 0.15) is 16.2 Å². The fourth-order valence-corrected chi connectivity index (χ4v) is 2.35. The Morgan fingerprint density at radius 3 is 2.86 bits per heavy atom. The molecular formula is C15H21N3O3. The van der Waals surface area contributed by atoms with Crippen LogP contribution in [0.2, 0.25) is 0 Å². The Balaban J connectivity index is 2.22. The largest absolute Gasteiger partial charge is 0.478 e.